The van der Waals surface area contributed by atoms with Crippen LogP contribution < -0.4 is 10.2 Å². The number of anilines is 1. The van der Waals surface area contributed by atoms with Gasteiger partial charge in [-0.15, -0.1) is 0 Å². The summed E-state index contributed by atoms with van der Waals surface area (Å²) < 4.78 is 38.0. The molecule has 2 aliphatic heterocycles. The number of piperidine rings is 1. The molecule has 1 amide bonds. The van der Waals surface area contributed by atoms with Crippen molar-refractivity contribution in [2.45, 2.75) is 44.3 Å². The predicted octanol–water partition coefficient (Wildman–Crippen LogP) is 2.92. The normalized spacial score (nSPS) is 22.4. The first-order valence-electron chi connectivity index (χ1n) is 9.62. The van der Waals surface area contributed by atoms with E-state index in [1.54, 1.807) is 0 Å². The lowest BCUT2D eigenvalue weighted by atomic mass is 9.94. The Kier molecular flexibility index (Phi) is 6.24. The highest BCUT2D eigenvalue weighted by Crippen LogP contribution is 2.30. The van der Waals surface area contributed by atoms with E-state index >= 15 is 0 Å². The first-order chi connectivity index (χ1) is 12.9. The quantitative estimate of drug-likeness (QED) is 0.871. The minimum absolute atomic E-state index is 0.0167. The smallest absolute Gasteiger partial charge is 0.357 e. The third kappa shape index (κ3) is 4.91. The Morgan fingerprint density at radius 1 is 1.19 bits per heavy atom. The fraction of sp³-hybridized carbons (Fsp3) is 0.684. The van der Waals surface area contributed by atoms with Gasteiger partial charge in [-0.3, -0.25) is 4.79 Å². The van der Waals surface area contributed by atoms with Crippen molar-refractivity contribution in [3.8, 4) is 0 Å². The molecule has 2 saturated heterocycles. The molecule has 5 nitrogen and oxygen atoms in total. The monoisotopic (exact) mass is 384 g/mol. The van der Waals surface area contributed by atoms with E-state index in [0.717, 1.165) is 44.6 Å². The number of pyridine rings is 1. The summed E-state index contributed by atoms with van der Waals surface area (Å²) in [5, 5.41) is 3.37. The summed E-state index contributed by atoms with van der Waals surface area (Å²) in [5.41, 5.74) is -0.740. The van der Waals surface area contributed by atoms with Crippen molar-refractivity contribution < 1.29 is 18.0 Å². The average Bonchev–Trinajstić information content (AvgIpc) is 2.96. The van der Waals surface area contributed by atoms with Gasteiger partial charge in [0.1, 0.15) is 5.82 Å². The number of alkyl halides is 3. The minimum Gasteiger partial charge on any atom is -0.357 e. The van der Waals surface area contributed by atoms with Gasteiger partial charge < -0.3 is 15.1 Å². The Morgan fingerprint density at radius 3 is 2.56 bits per heavy atom. The summed E-state index contributed by atoms with van der Waals surface area (Å²) in [6, 6.07) is 2.77. The molecule has 3 heterocycles. The van der Waals surface area contributed by atoms with Gasteiger partial charge in [-0.2, -0.15) is 13.2 Å². The third-order valence-corrected chi connectivity index (χ3v) is 5.68. The number of aromatic nitrogens is 1. The van der Waals surface area contributed by atoms with Gasteiger partial charge in [0.05, 0.1) is 5.56 Å². The van der Waals surface area contributed by atoms with Crippen LogP contribution in [0.2, 0.25) is 0 Å². The zero-order valence-electron chi connectivity index (χ0n) is 15.6. The van der Waals surface area contributed by atoms with Crippen LogP contribution in [0.5, 0.6) is 0 Å². The summed E-state index contributed by atoms with van der Waals surface area (Å²) in [5.74, 6) is 0.718. The number of nitrogens with one attached hydrogen (secondary N) is 1. The minimum atomic E-state index is -4.37. The van der Waals surface area contributed by atoms with E-state index in [1.165, 1.54) is 6.07 Å². The molecule has 0 spiro atoms. The first-order valence-corrected chi connectivity index (χ1v) is 9.62. The Hall–Kier alpha value is -1.83. The molecule has 1 aromatic heterocycles. The maximum Gasteiger partial charge on any atom is 0.417 e. The molecule has 0 radical (unpaired) electrons. The number of carbonyl (C=O) groups excluding carboxylic acids is 1. The summed E-state index contributed by atoms with van der Waals surface area (Å²) >= 11 is 0. The van der Waals surface area contributed by atoms with Gasteiger partial charge >= 0.3 is 6.18 Å². The third-order valence-electron chi connectivity index (χ3n) is 5.68. The van der Waals surface area contributed by atoms with E-state index in [-0.39, 0.29) is 11.8 Å². The lowest BCUT2D eigenvalue weighted by Crippen LogP contribution is -2.45. The highest BCUT2D eigenvalue weighted by Gasteiger charge is 2.32. The predicted molar refractivity (Wildman–Crippen MR) is 97.5 cm³/mol. The highest BCUT2D eigenvalue weighted by molar-refractivity contribution is 5.79. The van der Waals surface area contributed by atoms with E-state index < -0.39 is 11.7 Å². The maximum absolute atomic E-state index is 12.9. The number of carbonyl (C=O) groups is 1. The SMILES string of the molecule is CN(C(=O)C1CCN(c2ccc(C(F)(F)F)cn2)CC1)C1CCCNCC1. The molecule has 0 saturated carbocycles. The van der Waals surface area contributed by atoms with E-state index in [4.69, 9.17) is 0 Å². The lowest BCUT2D eigenvalue weighted by Gasteiger charge is -2.36. The molecule has 150 valence electrons. The van der Waals surface area contributed by atoms with Crippen LogP contribution in [0.3, 0.4) is 0 Å². The Balaban J connectivity index is 1.54. The standard InChI is InChI=1S/C19H27F3N4O/c1-25(16-3-2-9-23-10-6-16)18(27)14-7-11-26(12-8-14)17-5-4-15(13-24-17)19(20,21)22/h4-5,13-14,16,23H,2-3,6-12H2,1H3. The van der Waals surface area contributed by atoms with Gasteiger partial charge in [0.25, 0.3) is 0 Å². The molecule has 1 atom stereocenters. The van der Waals surface area contributed by atoms with Crippen LogP contribution in [-0.2, 0) is 11.0 Å². The number of amides is 1. The van der Waals surface area contributed by atoms with Crippen molar-refractivity contribution in [2.75, 3.05) is 38.1 Å². The van der Waals surface area contributed by atoms with Crippen molar-refractivity contribution >= 4 is 11.7 Å². The second-order valence-electron chi connectivity index (χ2n) is 7.45. The number of nitrogens with zero attached hydrogens (tertiary/aromatic N) is 3. The van der Waals surface area contributed by atoms with Crippen LogP contribution >= 0.6 is 0 Å². The molecule has 3 rings (SSSR count). The molecular weight excluding hydrogens is 357 g/mol. The molecule has 8 heteroatoms. The maximum atomic E-state index is 12.9. The van der Waals surface area contributed by atoms with E-state index in [0.29, 0.717) is 37.8 Å². The topological polar surface area (TPSA) is 48.5 Å². The molecule has 1 aromatic rings. The van der Waals surface area contributed by atoms with Gasteiger partial charge in [0.2, 0.25) is 5.91 Å². The number of rotatable bonds is 3. The van der Waals surface area contributed by atoms with E-state index in [1.807, 2.05) is 16.8 Å². The summed E-state index contributed by atoms with van der Waals surface area (Å²) in [4.78, 5) is 20.7. The number of hydrogen-bond acceptors (Lipinski definition) is 4. The zero-order chi connectivity index (χ0) is 19.4. The van der Waals surface area contributed by atoms with Gasteiger partial charge in [-0.1, -0.05) is 0 Å². The van der Waals surface area contributed by atoms with Crippen LogP contribution in [-0.4, -0.2) is 55.1 Å². The molecular formula is C19H27F3N4O. The average molecular weight is 384 g/mol. The van der Waals surface area contributed by atoms with Crippen LogP contribution in [0.15, 0.2) is 18.3 Å². The van der Waals surface area contributed by atoms with Crippen LogP contribution in [0.4, 0.5) is 19.0 Å². The lowest BCUT2D eigenvalue weighted by molar-refractivity contribution is -0.138. The molecule has 0 aliphatic carbocycles. The molecule has 1 N–H and O–H groups in total. The number of hydrogen-bond donors (Lipinski definition) is 1. The molecule has 27 heavy (non-hydrogen) atoms. The van der Waals surface area contributed by atoms with Crippen molar-refractivity contribution in [3.05, 3.63) is 23.9 Å². The van der Waals surface area contributed by atoms with E-state index in [2.05, 4.69) is 10.3 Å². The summed E-state index contributed by atoms with van der Waals surface area (Å²) in [6.45, 7) is 3.22. The Labute approximate surface area is 157 Å². The molecule has 0 aromatic carbocycles. The van der Waals surface area contributed by atoms with Crippen molar-refractivity contribution in [2.24, 2.45) is 5.92 Å². The van der Waals surface area contributed by atoms with Gasteiger partial charge in [-0.25, -0.2) is 4.98 Å². The van der Waals surface area contributed by atoms with Crippen molar-refractivity contribution in [1.29, 1.82) is 0 Å². The Bertz CT molecular complexity index is 619. The highest BCUT2D eigenvalue weighted by atomic mass is 19.4. The van der Waals surface area contributed by atoms with Crippen molar-refractivity contribution in [3.63, 3.8) is 0 Å². The van der Waals surface area contributed by atoms with Crippen molar-refractivity contribution in [1.82, 2.24) is 15.2 Å². The fourth-order valence-corrected chi connectivity index (χ4v) is 3.95. The molecule has 1 unspecified atom stereocenters. The largest absolute Gasteiger partial charge is 0.417 e. The fourth-order valence-electron chi connectivity index (χ4n) is 3.95. The van der Waals surface area contributed by atoms with E-state index in [9.17, 15) is 18.0 Å². The summed E-state index contributed by atoms with van der Waals surface area (Å²) in [7, 11) is 1.90. The first kappa shape index (κ1) is 19.9. The van der Waals surface area contributed by atoms with Crippen LogP contribution in [0.25, 0.3) is 0 Å². The summed E-state index contributed by atoms with van der Waals surface area (Å²) in [6.07, 6.45) is 1.01. The van der Waals surface area contributed by atoms with Gasteiger partial charge in [0, 0.05) is 38.3 Å². The molecule has 2 aliphatic rings. The number of halogens is 3. The van der Waals surface area contributed by atoms with Gasteiger partial charge in [0.15, 0.2) is 0 Å². The van der Waals surface area contributed by atoms with Crippen LogP contribution in [0, 0.1) is 5.92 Å². The van der Waals surface area contributed by atoms with Crippen LogP contribution in [0.1, 0.15) is 37.7 Å². The Morgan fingerprint density at radius 2 is 1.93 bits per heavy atom. The zero-order valence-corrected chi connectivity index (χ0v) is 15.6. The second kappa shape index (κ2) is 8.46. The van der Waals surface area contributed by atoms with Gasteiger partial charge in [-0.05, 0) is 57.3 Å². The molecule has 0 bridgehead atoms. The second-order valence-corrected chi connectivity index (χ2v) is 7.45. The molecule has 2 fully saturated rings.